The van der Waals surface area contributed by atoms with Crippen LogP contribution in [-0.2, 0) is 0 Å². The first kappa shape index (κ1) is 13.4. The molecule has 94 valence electrons. The predicted octanol–water partition coefficient (Wildman–Crippen LogP) is 4.61. The highest BCUT2D eigenvalue weighted by atomic mass is 35.5. The monoisotopic (exact) mass is 301 g/mol. The third-order valence-electron chi connectivity index (χ3n) is 2.44. The fourth-order valence-corrected chi connectivity index (χ4v) is 2.29. The first-order valence-electron chi connectivity index (χ1n) is 5.26. The lowest BCUT2D eigenvalue weighted by Gasteiger charge is -2.16. The molecule has 0 spiro atoms. The van der Waals surface area contributed by atoms with E-state index in [1.165, 1.54) is 6.20 Å². The maximum Gasteiger partial charge on any atom is 0.171 e. The Kier molecular flexibility index (Phi) is 4.27. The molecular formula is C12H10Cl3N3. The van der Waals surface area contributed by atoms with Gasteiger partial charge in [-0.15, -0.1) is 0 Å². The molecule has 0 radical (unpaired) electrons. The SMILES string of the molecule is CC(Nc1nccnc1Cl)c1ccc(Cl)cc1Cl. The van der Waals surface area contributed by atoms with E-state index >= 15 is 0 Å². The van der Waals surface area contributed by atoms with Crippen molar-refractivity contribution < 1.29 is 0 Å². The Morgan fingerprint density at radius 2 is 1.83 bits per heavy atom. The minimum absolute atomic E-state index is 0.0519. The van der Waals surface area contributed by atoms with E-state index in [2.05, 4.69) is 15.3 Å². The summed E-state index contributed by atoms with van der Waals surface area (Å²) in [5.74, 6) is 0.526. The summed E-state index contributed by atoms with van der Waals surface area (Å²) in [6.45, 7) is 1.96. The van der Waals surface area contributed by atoms with Crippen LogP contribution in [-0.4, -0.2) is 9.97 Å². The Labute approximate surface area is 120 Å². The third kappa shape index (κ3) is 3.05. The van der Waals surface area contributed by atoms with Gasteiger partial charge < -0.3 is 5.32 Å². The van der Waals surface area contributed by atoms with Crippen LogP contribution >= 0.6 is 34.8 Å². The molecule has 1 heterocycles. The Morgan fingerprint density at radius 3 is 2.50 bits per heavy atom. The van der Waals surface area contributed by atoms with Crippen molar-refractivity contribution in [1.29, 1.82) is 0 Å². The average Bonchev–Trinajstić information content (AvgIpc) is 2.32. The summed E-state index contributed by atoms with van der Waals surface area (Å²) >= 11 is 17.9. The van der Waals surface area contributed by atoms with Gasteiger partial charge in [0.1, 0.15) is 0 Å². The van der Waals surface area contributed by atoms with Crippen molar-refractivity contribution in [1.82, 2.24) is 9.97 Å². The van der Waals surface area contributed by atoms with Gasteiger partial charge in [-0.2, -0.15) is 0 Å². The van der Waals surface area contributed by atoms with Gasteiger partial charge in [-0.3, -0.25) is 0 Å². The van der Waals surface area contributed by atoms with Crippen LogP contribution in [0.4, 0.5) is 5.82 Å². The van der Waals surface area contributed by atoms with Crippen molar-refractivity contribution in [2.45, 2.75) is 13.0 Å². The molecule has 1 unspecified atom stereocenters. The van der Waals surface area contributed by atoms with E-state index in [0.717, 1.165) is 5.56 Å². The first-order valence-corrected chi connectivity index (χ1v) is 6.39. The zero-order valence-corrected chi connectivity index (χ0v) is 11.8. The number of aromatic nitrogens is 2. The summed E-state index contributed by atoms with van der Waals surface area (Å²) in [7, 11) is 0. The molecule has 6 heteroatoms. The molecule has 0 saturated carbocycles. The van der Waals surface area contributed by atoms with Gasteiger partial charge in [0, 0.05) is 22.4 Å². The quantitative estimate of drug-likeness (QED) is 0.899. The van der Waals surface area contributed by atoms with Crippen molar-refractivity contribution in [2.24, 2.45) is 0 Å². The topological polar surface area (TPSA) is 37.8 Å². The summed E-state index contributed by atoms with van der Waals surface area (Å²) in [6, 6.07) is 5.31. The Morgan fingerprint density at radius 1 is 1.11 bits per heavy atom. The third-order valence-corrected chi connectivity index (χ3v) is 3.27. The lowest BCUT2D eigenvalue weighted by Crippen LogP contribution is -2.09. The Balaban J connectivity index is 2.22. The molecule has 0 saturated heterocycles. The maximum absolute atomic E-state index is 6.14. The minimum Gasteiger partial charge on any atom is -0.361 e. The highest BCUT2D eigenvalue weighted by Gasteiger charge is 2.12. The highest BCUT2D eigenvalue weighted by molar-refractivity contribution is 6.35. The van der Waals surface area contributed by atoms with Crippen LogP contribution in [0.15, 0.2) is 30.6 Å². The second-order valence-electron chi connectivity index (χ2n) is 3.73. The van der Waals surface area contributed by atoms with E-state index < -0.39 is 0 Å². The van der Waals surface area contributed by atoms with Crippen LogP contribution in [0.3, 0.4) is 0 Å². The van der Waals surface area contributed by atoms with Crippen LogP contribution in [0.5, 0.6) is 0 Å². The lowest BCUT2D eigenvalue weighted by molar-refractivity contribution is 0.872. The molecule has 1 aromatic heterocycles. The fraction of sp³-hybridized carbons (Fsp3) is 0.167. The zero-order chi connectivity index (χ0) is 13.1. The van der Waals surface area contributed by atoms with E-state index in [-0.39, 0.29) is 6.04 Å². The summed E-state index contributed by atoms with van der Waals surface area (Å²) in [5, 5.41) is 4.69. The number of rotatable bonds is 3. The highest BCUT2D eigenvalue weighted by Crippen LogP contribution is 2.29. The van der Waals surface area contributed by atoms with E-state index in [0.29, 0.717) is 21.0 Å². The van der Waals surface area contributed by atoms with Crippen LogP contribution in [0.2, 0.25) is 15.2 Å². The van der Waals surface area contributed by atoms with Crippen molar-refractivity contribution in [3.63, 3.8) is 0 Å². The molecule has 3 nitrogen and oxygen atoms in total. The molecule has 0 bridgehead atoms. The van der Waals surface area contributed by atoms with Crippen molar-refractivity contribution >= 4 is 40.6 Å². The summed E-state index contributed by atoms with van der Waals surface area (Å²) in [5.41, 5.74) is 0.919. The van der Waals surface area contributed by atoms with Gasteiger partial charge in [-0.25, -0.2) is 9.97 Å². The molecule has 0 aliphatic heterocycles. The van der Waals surface area contributed by atoms with Gasteiger partial charge in [0.15, 0.2) is 11.0 Å². The van der Waals surface area contributed by atoms with Gasteiger partial charge >= 0.3 is 0 Å². The second-order valence-corrected chi connectivity index (χ2v) is 4.93. The lowest BCUT2D eigenvalue weighted by atomic mass is 10.1. The molecular weight excluding hydrogens is 293 g/mol. The fourth-order valence-electron chi connectivity index (χ4n) is 1.55. The number of benzene rings is 1. The molecule has 0 aliphatic rings. The van der Waals surface area contributed by atoms with Gasteiger partial charge in [0.25, 0.3) is 0 Å². The molecule has 2 rings (SSSR count). The minimum atomic E-state index is -0.0519. The number of hydrogen-bond acceptors (Lipinski definition) is 3. The largest absolute Gasteiger partial charge is 0.361 e. The number of nitrogens with zero attached hydrogens (tertiary/aromatic N) is 2. The zero-order valence-electron chi connectivity index (χ0n) is 9.49. The second kappa shape index (κ2) is 5.74. The smallest absolute Gasteiger partial charge is 0.171 e. The number of halogens is 3. The molecule has 1 atom stereocenters. The van der Waals surface area contributed by atoms with Crippen LogP contribution in [0, 0.1) is 0 Å². The van der Waals surface area contributed by atoms with Gasteiger partial charge in [0.2, 0.25) is 0 Å². The number of anilines is 1. The maximum atomic E-state index is 6.14. The Bertz CT molecular complexity index is 560. The molecule has 0 aliphatic carbocycles. The number of hydrogen-bond donors (Lipinski definition) is 1. The molecule has 18 heavy (non-hydrogen) atoms. The molecule has 2 aromatic rings. The summed E-state index contributed by atoms with van der Waals surface area (Å²) in [4.78, 5) is 8.07. The van der Waals surface area contributed by atoms with E-state index in [4.69, 9.17) is 34.8 Å². The molecule has 1 N–H and O–H groups in total. The summed E-state index contributed by atoms with van der Waals surface area (Å²) in [6.07, 6.45) is 3.11. The van der Waals surface area contributed by atoms with Gasteiger partial charge in [0.05, 0.1) is 6.04 Å². The van der Waals surface area contributed by atoms with Gasteiger partial charge in [-0.05, 0) is 24.6 Å². The van der Waals surface area contributed by atoms with Crippen molar-refractivity contribution in [2.75, 3.05) is 5.32 Å². The standard InChI is InChI=1S/C12H10Cl3N3/c1-7(9-3-2-8(13)6-10(9)14)18-12-11(15)16-4-5-17-12/h2-7H,1H3,(H,17,18). The summed E-state index contributed by atoms with van der Waals surface area (Å²) < 4.78 is 0. The van der Waals surface area contributed by atoms with E-state index in [9.17, 15) is 0 Å². The molecule has 1 aromatic carbocycles. The van der Waals surface area contributed by atoms with E-state index in [1.54, 1.807) is 18.3 Å². The predicted molar refractivity (Wildman–Crippen MR) is 75.5 cm³/mol. The molecule has 0 fully saturated rings. The van der Waals surface area contributed by atoms with Crippen molar-refractivity contribution in [3.8, 4) is 0 Å². The first-order chi connectivity index (χ1) is 8.58. The van der Waals surface area contributed by atoms with Crippen molar-refractivity contribution in [3.05, 3.63) is 51.4 Å². The Hall–Kier alpha value is -1.03. The average molecular weight is 303 g/mol. The normalized spacial score (nSPS) is 12.2. The van der Waals surface area contributed by atoms with Crippen LogP contribution < -0.4 is 5.32 Å². The van der Waals surface area contributed by atoms with Crippen LogP contribution in [0.25, 0.3) is 0 Å². The molecule has 0 amide bonds. The van der Waals surface area contributed by atoms with Gasteiger partial charge in [-0.1, -0.05) is 40.9 Å². The van der Waals surface area contributed by atoms with Crippen LogP contribution in [0.1, 0.15) is 18.5 Å². The number of nitrogens with one attached hydrogen (secondary N) is 1. The van der Waals surface area contributed by atoms with E-state index in [1.807, 2.05) is 13.0 Å².